The van der Waals surface area contributed by atoms with Crippen molar-refractivity contribution in [3.8, 4) is 5.75 Å². The Hall–Kier alpha value is -2.03. The summed E-state index contributed by atoms with van der Waals surface area (Å²) >= 11 is 0. The van der Waals surface area contributed by atoms with E-state index in [0.717, 1.165) is 35.7 Å². The lowest BCUT2D eigenvalue weighted by molar-refractivity contribution is 0.451. The normalized spacial score (nSPS) is 18.9. The van der Waals surface area contributed by atoms with Gasteiger partial charge in [0.05, 0.1) is 5.52 Å². The second-order valence-corrected chi connectivity index (χ2v) is 5.11. The molecule has 0 spiro atoms. The molecule has 1 aliphatic rings. The van der Waals surface area contributed by atoms with Crippen molar-refractivity contribution in [2.75, 3.05) is 0 Å². The maximum atomic E-state index is 12.1. The maximum Gasteiger partial charge on any atom is 0.293 e. The van der Waals surface area contributed by atoms with Gasteiger partial charge in [-0.2, -0.15) is 0 Å². The Morgan fingerprint density at radius 1 is 1.32 bits per heavy atom. The van der Waals surface area contributed by atoms with Gasteiger partial charge in [0.25, 0.3) is 5.56 Å². The molecular weight excluding hydrogens is 238 g/mol. The van der Waals surface area contributed by atoms with Gasteiger partial charge in [-0.05, 0) is 25.3 Å². The topological polar surface area (TPSA) is 42.2 Å². The van der Waals surface area contributed by atoms with Crippen molar-refractivity contribution in [1.29, 1.82) is 0 Å². The summed E-state index contributed by atoms with van der Waals surface area (Å²) in [6.45, 7) is 0. The predicted molar refractivity (Wildman–Crippen MR) is 76.6 cm³/mol. The van der Waals surface area contributed by atoms with Gasteiger partial charge in [-0.15, -0.1) is 0 Å². The summed E-state index contributed by atoms with van der Waals surface area (Å²) in [5, 5.41) is 11.2. The fraction of sp³-hybridized carbons (Fsp3) is 0.312. The van der Waals surface area contributed by atoms with Crippen LogP contribution < -0.4 is 5.56 Å². The first-order valence-electron chi connectivity index (χ1n) is 6.67. The van der Waals surface area contributed by atoms with Crippen molar-refractivity contribution in [2.45, 2.75) is 25.2 Å². The molecule has 0 bridgehead atoms. The van der Waals surface area contributed by atoms with E-state index >= 15 is 0 Å². The summed E-state index contributed by atoms with van der Waals surface area (Å²) in [7, 11) is 1.70. The maximum absolute atomic E-state index is 12.1. The summed E-state index contributed by atoms with van der Waals surface area (Å²) in [5.74, 6) is 0.0466. The number of hydrogen-bond acceptors (Lipinski definition) is 2. The van der Waals surface area contributed by atoms with Gasteiger partial charge in [0.1, 0.15) is 0 Å². The van der Waals surface area contributed by atoms with E-state index in [0.29, 0.717) is 0 Å². The minimum Gasteiger partial charge on any atom is -0.503 e. The highest BCUT2D eigenvalue weighted by Gasteiger charge is 2.21. The molecule has 0 amide bonds. The van der Waals surface area contributed by atoms with Crippen molar-refractivity contribution in [3.05, 3.63) is 52.3 Å². The minimum absolute atomic E-state index is 0.0993. The lowest BCUT2D eigenvalue weighted by Gasteiger charge is -2.20. The molecule has 1 aliphatic carbocycles. The van der Waals surface area contributed by atoms with Gasteiger partial charge in [0.2, 0.25) is 0 Å². The van der Waals surface area contributed by atoms with Crippen LogP contribution in [0.5, 0.6) is 5.75 Å². The second kappa shape index (κ2) is 4.57. The fourth-order valence-corrected chi connectivity index (χ4v) is 2.93. The zero-order chi connectivity index (χ0) is 13.4. The second-order valence-electron chi connectivity index (χ2n) is 5.11. The average molecular weight is 255 g/mol. The van der Waals surface area contributed by atoms with Gasteiger partial charge >= 0.3 is 0 Å². The fourth-order valence-electron chi connectivity index (χ4n) is 2.93. The quantitative estimate of drug-likeness (QED) is 0.796. The first-order chi connectivity index (χ1) is 9.20. The van der Waals surface area contributed by atoms with E-state index in [9.17, 15) is 9.90 Å². The number of hydrogen-bond donors (Lipinski definition) is 1. The lowest BCUT2D eigenvalue weighted by atomic mass is 9.87. The number of aromatic hydroxyl groups is 1. The van der Waals surface area contributed by atoms with Crippen molar-refractivity contribution < 1.29 is 5.11 Å². The minimum atomic E-state index is -0.312. The molecule has 19 heavy (non-hydrogen) atoms. The van der Waals surface area contributed by atoms with Crippen LogP contribution in [0.4, 0.5) is 0 Å². The molecule has 1 unspecified atom stereocenters. The van der Waals surface area contributed by atoms with Crippen molar-refractivity contribution in [2.24, 2.45) is 7.05 Å². The van der Waals surface area contributed by atoms with Crippen LogP contribution in [0.2, 0.25) is 0 Å². The number of allylic oxidation sites excluding steroid dienone is 2. The zero-order valence-electron chi connectivity index (χ0n) is 11.0. The number of para-hydroxylation sites is 1. The van der Waals surface area contributed by atoms with Crippen molar-refractivity contribution in [1.82, 2.24) is 4.57 Å². The standard InChI is InChI=1S/C16H17NO2/c1-17-13-10-6-5-9-12(13)14(15(18)16(17)19)11-7-3-2-4-8-11/h3,5-7,9-11,18H,2,4,8H2,1H3. The van der Waals surface area contributed by atoms with Gasteiger partial charge in [-0.3, -0.25) is 4.79 Å². The number of benzene rings is 1. The molecule has 1 aromatic carbocycles. The highest BCUT2D eigenvalue weighted by atomic mass is 16.3. The highest BCUT2D eigenvalue weighted by molar-refractivity contribution is 5.85. The van der Waals surface area contributed by atoms with Crippen LogP contribution in [0, 0.1) is 0 Å². The van der Waals surface area contributed by atoms with Crippen LogP contribution in [0.3, 0.4) is 0 Å². The third-order valence-corrected chi connectivity index (χ3v) is 3.94. The van der Waals surface area contributed by atoms with Crippen LogP contribution in [0.1, 0.15) is 30.7 Å². The largest absolute Gasteiger partial charge is 0.503 e. The van der Waals surface area contributed by atoms with Crippen LogP contribution in [-0.4, -0.2) is 9.67 Å². The molecule has 0 saturated carbocycles. The molecule has 2 aromatic rings. The predicted octanol–water partition coefficient (Wildman–Crippen LogP) is 3.07. The van der Waals surface area contributed by atoms with Crippen LogP contribution in [0.25, 0.3) is 10.9 Å². The van der Waals surface area contributed by atoms with Gasteiger partial charge in [-0.1, -0.05) is 30.4 Å². The number of nitrogens with zero attached hydrogens (tertiary/aromatic N) is 1. The molecule has 1 aromatic heterocycles. The Morgan fingerprint density at radius 3 is 2.84 bits per heavy atom. The Labute approximate surface area is 111 Å². The Kier molecular flexibility index (Phi) is 2.90. The Bertz CT molecular complexity index is 712. The molecule has 3 nitrogen and oxygen atoms in total. The highest BCUT2D eigenvalue weighted by Crippen LogP contribution is 2.36. The molecule has 98 valence electrons. The first-order valence-corrected chi connectivity index (χ1v) is 6.67. The molecule has 1 N–H and O–H groups in total. The third-order valence-electron chi connectivity index (χ3n) is 3.94. The number of rotatable bonds is 1. The Morgan fingerprint density at radius 2 is 2.11 bits per heavy atom. The molecule has 0 fully saturated rings. The molecule has 1 atom stereocenters. The summed E-state index contributed by atoms with van der Waals surface area (Å²) in [6, 6.07) is 7.76. The average Bonchev–Trinajstić information content (AvgIpc) is 2.46. The van der Waals surface area contributed by atoms with Gasteiger partial charge in [0.15, 0.2) is 5.75 Å². The van der Waals surface area contributed by atoms with E-state index in [2.05, 4.69) is 12.2 Å². The summed E-state index contributed by atoms with van der Waals surface area (Å²) < 4.78 is 1.51. The van der Waals surface area contributed by atoms with Crippen LogP contribution in [-0.2, 0) is 7.05 Å². The lowest BCUT2D eigenvalue weighted by Crippen LogP contribution is -2.19. The first kappa shape index (κ1) is 12.0. The molecule has 0 aliphatic heterocycles. The zero-order valence-corrected chi connectivity index (χ0v) is 11.0. The Balaban J connectivity index is 2.37. The van der Waals surface area contributed by atoms with E-state index in [1.54, 1.807) is 7.05 Å². The number of aryl methyl sites for hydroxylation is 1. The van der Waals surface area contributed by atoms with Gasteiger partial charge < -0.3 is 9.67 Å². The van der Waals surface area contributed by atoms with Crippen LogP contribution in [0.15, 0.2) is 41.2 Å². The monoisotopic (exact) mass is 255 g/mol. The van der Waals surface area contributed by atoms with E-state index in [-0.39, 0.29) is 17.2 Å². The number of fused-ring (bicyclic) bond motifs is 1. The van der Waals surface area contributed by atoms with Crippen molar-refractivity contribution >= 4 is 10.9 Å². The van der Waals surface area contributed by atoms with E-state index in [4.69, 9.17) is 0 Å². The molecule has 0 radical (unpaired) electrons. The molecule has 0 saturated heterocycles. The molecular formula is C16H17NO2. The molecule has 1 heterocycles. The van der Waals surface area contributed by atoms with E-state index < -0.39 is 0 Å². The van der Waals surface area contributed by atoms with E-state index in [1.165, 1.54) is 4.57 Å². The SMILES string of the molecule is Cn1c(=O)c(O)c(C2C=CCCC2)c2ccccc21. The summed E-state index contributed by atoms with van der Waals surface area (Å²) in [4.78, 5) is 12.1. The number of aromatic nitrogens is 1. The van der Waals surface area contributed by atoms with Crippen LogP contribution >= 0.6 is 0 Å². The van der Waals surface area contributed by atoms with Gasteiger partial charge in [0, 0.05) is 23.9 Å². The summed E-state index contributed by atoms with van der Waals surface area (Å²) in [5.41, 5.74) is 1.35. The summed E-state index contributed by atoms with van der Waals surface area (Å²) in [6.07, 6.45) is 7.43. The number of pyridine rings is 1. The third kappa shape index (κ3) is 1.86. The van der Waals surface area contributed by atoms with Gasteiger partial charge in [-0.25, -0.2) is 0 Å². The van der Waals surface area contributed by atoms with E-state index in [1.807, 2.05) is 24.3 Å². The smallest absolute Gasteiger partial charge is 0.293 e. The molecule has 3 rings (SSSR count). The van der Waals surface area contributed by atoms with Crippen molar-refractivity contribution in [3.63, 3.8) is 0 Å². The molecule has 3 heteroatoms.